The molecular formula is C18H31IN4O3S. The van der Waals surface area contributed by atoms with Crippen LogP contribution in [0, 0.1) is 0 Å². The third kappa shape index (κ3) is 7.46. The van der Waals surface area contributed by atoms with Gasteiger partial charge in [0.05, 0.1) is 11.8 Å². The molecule has 0 radical (unpaired) electrons. The van der Waals surface area contributed by atoms with Crippen molar-refractivity contribution in [3.63, 3.8) is 0 Å². The summed E-state index contributed by atoms with van der Waals surface area (Å²) in [7, 11) is -1.40. The monoisotopic (exact) mass is 510 g/mol. The molecule has 1 aromatic rings. The summed E-state index contributed by atoms with van der Waals surface area (Å²) < 4.78 is 31.4. The van der Waals surface area contributed by atoms with Crippen LogP contribution in [-0.2, 0) is 10.0 Å². The number of nitrogens with one attached hydrogen (secondary N) is 3. The van der Waals surface area contributed by atoms with Crippen LogP contribution in [0.4, 0.5) is 0 Å². The van der Waals surface area contributed by atoms with Crippen molar-refractivity contribution in [1.29, 1.82) is 0 Å². The van der Waals surface area contributed by atoms with Crippen LogP contribution in [0.2, 0.25) is 0 Å². The van der Waals surface area contributed by atoms with Gasteiger partial charge in [0.1, 0.15) is 11.4 Å². The van der Waals surface area contributed by atoms with Gasteiger partial charge in [0.25, 0.3) is 0 Å². The van der Waals surface area contributed by atoms with Crippen molar-refractivity contribution in [1.82, 2.24) is 15.4 Å². The minimum Gasteiger partial charge on any atom is -0.487 e. The summed E-state index contributed by atoms with van der Waals surface area (Å²) in [5, 5.41) is 6.70. The van der Waals surface area contributed by atoms with Crippen molar-refractivity contribution < 1.29 is 13.2 Å². The number of hydrogen-bond acceptors (Lipinski definition) is 4. The number of benzene rings is 1. The maximum Gasteiger partial charge on any atom is 0.211 e. The maximum absolute atomic E-state index is 11.4. The van der Waals surface area contributed by atoms with Gasteiger partial charge in [0.2, 0.25) is 10.0 Å². The largest absolute Gasteiger partial charge is 0.487 e. The fraction of sp³-hybridized carbons (Fsp3) is 0.611. The molecule has 3 N–H and O–H groups in total. The van der Waals surface area contributed by atoms with Gasteiger partial charge in [0, 0.05) is 32.1 Å². The molecule has 0 saturated carbocycles. The lowest BCUT2D eigenvalue weighted by Crippen LogP contribution is -2.45. The lowest BCUT2D eigenvalue weighted by molar-refractivity contribution is 0.0694. The van der Waals surface area contributed by atoms with Gasteiger partial charge in [-0.15, -0.1) is 24.0 Å². The molecule has 1 aliphatic heterocycles. The van der Waals surface area contributed by atoms with E-state index in [0.717, 1.165) is 17.7 Å². The fourth-order valence-corrected chi connectivity index (χ4v) is 3.58. The van der Waals surface area contributed by atoms with Crippen LogP contribution in [0.3, 0.4) is 0 Å². The summed E-state index contributed by atoms with van der Waals surface area (Å²) in [4.78, 5) is 4.28. The molecule has 1 atom stereocenters. The number of halogens is 1. The molecule has 1 aromatic carbocycles. The molecule has 0 spiro atoms. The highest BCUT2D eigenvalue weighted by molar-refractivity contribution is 14.0. The molecule has 0 aliphatic carbocycles. The van der Waals surface area contributed by atoms with Gasteiger partial charge in [-0.1, -0.05) is 18.2 Å². The molecular weight excluding hydrogens is 479 g/mol. The van der Waals surface area contributed by atoms with E-state index in [1.165, 1.54) is 0 Å². The first-order valence-corrected chi connectivity index (χ1v) is 10.6. The smallest absolute Gasteiger partial charge is 0.211 e. The van der Waals surface area contributed by atoms with Gasteiger partial charge in [-0.25, -0.2) is 13.1 Å². The van der Waals surface area contributed by atoms with Crippen LogP contribution in [0.5, 0.6) is 5.75 Å². The zero-order valence-electron chi connectivity index (χ0n) is 16.4. The third-order valence-electron chi connectivity index (χ3n) is 4.26. The van der Waals surface area contributed by atoms with Crippen LogP contribution < -0.4 is 20.1 Å². The molecule has 0 bridgehead atoms. The molecule has 154 valence electrons. The van der Waals surface area contributed by atoms with Crippen LogP contribution >= 0.6 is 24.0 Å². The number of aliphatic imine (C=N–C) groups is 1. The summed E-state index contributed by atoms with van der Waals surface area (Å²) in [6.07, 6.45) is 1.50. The number of nitrogens with zero attached hydrogens (tertiary/aromatic N) is 1. The van der Waals surface area contributed by atoms with E-state index in [9.17, 15) is 8.42 Å². The Morgan fingerprint density at radius 1 is 1.30 bits per heavy atom. The minimum atomic E-state index is -3.13. The topological polar surface area (TPSA) is 91.8 Å². The zero-order chi connectivity index (χ0) is 19.2. The standard InChI is InChI=1S/C18H30N4O3S.HI/c1-5-26(23,24)21-12-8-11-20-17(19-4)22-15-13-18(2,3)25-16-10-7-6-9-14(15)16;/h6-7,9-10,15,21H,5,8,11-13H2,1-4H3,(H2,19,20,22);1H. The van der Waals surface area contributed by atoms with Gasteiger partial charge in [-0.2, -0.15) is 0 Å². The minimum absolute atomic E-state index is 0. The predicted molar refractivity (Wildman–Crippen MR) is 120 cm³/mol. The number of fused-ring (bicyclic) bond motifs is 1. The van der Waals surface area contributed by atoms with Crippen LogP contribution in [-0.4, -0.2) is 45.9 Å². The van der Waals surface area contributed by atoms with E-state index in [0.29, 0.717) is 25.5 Å². The van der Waals surface area contributed by atoms with Gasteiger partial charge in [-0.05, 0) is 33.3 Å². The maximum atomic E-state index is 11.4. The highest BCUT2D eigenvalue weighted by Crippen LogP contribution is 2.39. The van der Waals surface area contributed by atoms with E-state index < -0.39 is 10.0 Å². The zero-order valence-corrected chi connectivity index (χ0v) is 19.6. The lowest BCUT2D eigenvalue weighted by Gasteiger charge is -2.38. The Morgan fingerprint density at radius 3 is 2.67 bits per heavy atom. The molecule has 2 rings (SSSR count). The Hall–Kier alpha value is -1.07. The van der Waals surface area contributed by atoms with E-state index >= 15 is 0 Å². The van der Waals surface area contributed by atoms with Crippen molar-refractivity contribution in [3.05, 3.63) is 29.8 Å². The van der Waals surface area contributed by atoms with Crippen LogP contribution in [0.1, 0.15) is 45.2 Å². The van der Waals surface area contributed by atoms with Crippen molar-refractivity contribution in [2.75, 3.05) is 25.9 Å². The average Bonchev–Trinajstić information content (AvgIpc) is 2.59. The quantitative estimate of drug-likeness (QED) is 0.227. The van der Waals surface area contributed by atoms with Gasteiger partial charge < -0.3 is 15.4 Å². The molecule has 0 fully saturated rings. The summed E-state index contributed by atoms with van der Waals surface area (Å²) in [5.41, 5.74) is 0.856. The van der Waals surface area contributed by atoms with Crippen molar-refractivity contribution in [3.8, 4) is 5.75 Å². The molecule has 9 heteroatoms. The van der Waals surface area contributed by atoms with Crippen molar-refractivity contribution in [2.45, 2.75) is 45.3 Å². The fourth-order valence-electron chi connectivity index (χ4n) is 2.92. The number of sulfonamides is 1. The second-order valence-corrected chi connectivity index (χ2v) is 9.05. The molecule has 0 saturated heterocycles. The Balaban J connectivity index is 0.00000364. The van der Waals surface area contributed by atoms with E-state index in [-0.39, 0.29) is 41.4 Å². The molecule has 0 amide bonds. The second-order valence-electron chi connectivity index (χ2n) is 6.95. The molecule has 27 heavy (non-hydrogen) atoms. The first kappa shape index (κ1) is 24.0. The number of ether oxygens (including phenoxy) is 1. The van der Waals surface area contributed by atoms with Crippen molar-refractivity contribution >= 4 is 40.0 Å². The Labute approximate surface area is 179 Å². The average molecular weight is 510 g/mol. The predicted octanol–water partition coefficient (Wildman–Crippen LogP) is 2.40. The lowest BCUT2D eigenvalue weighted by atomic mass is 9.90. The number of para-hydroxylation sites is 1. The van der Waals surface area contributed by atoms with Gasteiger partial charge in [0.15, 0.2) is 5.96 Å². The summed E-state index contributed by atoms with van der Waals surface area (Å²) in [5.74, 6) is 1.69. The summed E-state index contributed by atoms with van der Waals surface area (Å²) in [6, 6.07) is 8.13. The third-order valence-corrected chi connectivity index (χ3v) is 5.66. The number of guanidine groups is 1. The molecule has 0 aromatic heterocycles. The first-order valence-electron chi connectivity index (χ1n) is 8.99. The van der Waals surface area contributed by atoms with E-state index in [1.54, 1.807) is 14.0 Å². The highest BCUT2D eigenvalue weighted by Gasteiger charge is 2.33. The van der Waals surface area contributed by atoms with E-state index in [1.807, 2.05) is 18.2 Å². The molecule has 1 heterocycles. The molecule has 7 nitrogen and oxygen atoms in total. The van der Waals surface area contributed by atoms with Crippen LogP contribution in [0.15, 0.2) is 29.3 Å². The molecule has 1 aliphatic rings. The van der Waals surface area contributed by atoms with Crippen LogP contribution in [0.25, 0.3) is 0 Å². The van der Waals surface area contributed by atoms with Gasteiger partial charge >= 0.3 is 0 Å². The Kier molecular flexibility index (Phi) is 9.29. The summed E-state index contributed by atoms with van der Waals surface area (Å²) in [6.45, 7) is 6.81. The number of hydrogen-bond donors (Lipinski definition) is 3. The second kappa shape index (κ2) is 10.5. The SMILES string of the molecule is CCS(=O)(=O)NCCCNC(=NC)NC1CC(C)(C)Oc2ccccc21.I. The first-order chi connectivity index (χ1) is 12.3. The van der Waals surface area contributed by atoms with E-state index in [4.69, 9.17) is 4.74 Å². The van der Waals surface area contributed by atoms with Gasteiger partial charge in [-0.3, -0.25) is 4.99 Å². The highest BCUT2D eigenvalue weighted by atomic mass is 127. The molecule has 1 unspecified atom stereocenters. The van der Waals surface area contributed by atoms with E-state index in [2.05, 4.69) is 40.3 Å². The van der Waals surface area contributed by atoms with Crippen molar-refractivity contribution in [2.24, 2.45) is 4.99 Å². The summed E-state index contributed by atoms with van der Waals surface area (Å²) >= 11 is 0. The normalized spacial score (nSPS) is 18.7. The Morgan fingerprint density at radius 2 is 2.00 bits per heavy atom. The number of rotatable bonds is 7. The Bertz CT molecular complexity index is 738.